The highest BCUT2D eigenvalue weighted by atomic mass is 35.5. The summed E-state index contributed by atoms with van der Waals surface area (Å²) in [7, 11) is -3.46. The van der Waals surface area contributed by atoms with Crippen molar-refractivity contribution < 1.29 is 13.2 Å². The zero-order chi connectivity index (χ0) is 19.6. The van der Waals surface area contributed by atoms with Gasteiger partial charge in [-0.05, 0) is 25.8 Å². The van der Waals surface area contributed by atoms with E-state index in [1.54, 1.807) is 15.9 Å². The molecule has 3 rings (SSSR count). The maximum atomic E-state index is 12.7. The molecule has 1 amide bonds. The molecule has 1 aliphatic rings. The quantitative estimate of drug-likeness (QED) is 0.747. The van der Waals surface area contributed by atoms with E-state index in [0.29, 0.717) is 25.2 Å². The van der Waals surface area contributed by atoms with Crippen molar-refractivity contribution in [1.82, 2.24) is 24.6 Å². The van der Waals surface area contributed by atoms with Crippen LogP contribution >= 0.6 is 11.6 Å². The highest BCUT2D eigenvalue weighted by Gasteiger charge is 2.30. The number of carbonyl (C=O) groups excluding carboxylic acids is 1. The van der Waals surface area contributed by atoms with Crippen molar-refractivity contribution >= 4 is 27.3 Å². The van der Waals surface area contributed by atoms with Crippen LogP contribution in [-0.2, 0) is 14.6 Å². The Morgan fingerprint density at radius 2 is 2.22 bits per heavy atom. The molecule has 0 spiro atoms. The van der Waals surface area contributed by atoms with E-state index < -0.39 is 9.84 Å². The third-order valence-corrected chi connectivity index (χ3v) is 6.10. The third kappa shape index (κ3) is 4.65. The van der Waals surface area contributed by atoms with E-state index in [9.17, 15) is 13.2 Å². The molecule has 0 unspecified atom stereocenters. The second-order valence-electron chi connectivity index (χ2n) is 6.92. The number of carbonyl (C=O) groups is 1. The lowest BCUT2D eigenvalue weighted by Gasteiger charge is -2.33. The smallest absolute Gasteiger partial charge is 0.224 e. The number of aromatic nitrogens is 4. The van der Waals surface area contributed by atoms with Gasteiger partial charge in [0.15, 0.2) is 9.84 Å². The van der Waals surface area contributed by atoms with Gasteiger partial charge in [0.1, 0.15) is 12.7 Å². The first-order valence-corrected chi connectivity index (χ1v) is 11.0. The second kappa shape index (κ2) is 7.93. The average Bonchev–Trinajstić information content (AvgIpc) is 3.16. The first-order chi connectivity index (χ1) is 12.8. The zero-order valence-electron chi connectivity index (χ0n) is 15.2. The van der Waals surface area contributed by atoms with Gasteiger partial charge in [0, 0.05) is 37.9 Å². The van der Waals surface area contributed by atoms with Crippen molar-refractivity contribution in [2.45, 2.75) is 43.0 Å². The Balaban J connectivity index is 1.76. The van der Waals surface area contributed by atoms with E-state index in [1.165, 1.54) is 18.6 Å². The van der Waals surface area contributed by atoms with Crippen molar-refractivity contribution in [3.63, 3.8) is 0 Å². The number of likely N-dealkylation sites (tertiary alicyclic amines) is 1. The molecule has 0 aromatic carbocycles. The lowest BCUT2D eigenvalue weighted by atomic mass is 9.93. The fraction of sp³-hybridized carbons (Fsp3) is 0.529. The maximum absolute atomic E-state index is 12.7. The molecule has 2 atom stereocenters. The van der Waals surface area contributed by atoms with Gasteiger partial charge in [-0.2, -0.15) is 5.10 Å². The Bertz CT molecular complexity index is 917. The fourth-order valence-corrected chi connectivity index (χ4v) is 4.54. The number of pyridine rings is 1. The van der Waals surface area contributed by atoms with E-state index in [2.05, 4.69) is 15.1 Å². The normalized spacial score (nSPS) is 19.1. The predicted molar refractivity (Wildman–Crippen MR) is 100 cm³/mol. The van der Waals surface area contributed by atoms with Crippen molar-refractivity contribution in [2.75, 3.05) is 19.3 Å². The topological polar surface area (TPSA) is 98.1 Å². The van der Waals surface area contributed by atoms with Crippen LogP contribution in [0.2, 0.25) is 5.02 Å². The molecule has 27 heavy (non-hydrogen) atoms. The minimum atomic E-state index is -3.46. The largest absolute Gasteiger partial charge is 0.342 e. The number of hydrogen-bond donors (Lipinski definition) is 0. The number of amides is 1. The van der Waals surface area contributed by atoms with Gasteiger partial charge in [-0.25, -0.2) is 18.1 Å². The highest BCUT2D eigenvalue weighted by molar-refractivity contribution is 7.90. The SMILES string of the molecule is C[C@@H](CC(=O)N1CCC[C@H](c2ncc(Cl)cc2S(C)(=O)=O)C1)n1cncn1. The molecule has 0 N–H and O–H groups in total. The van der Waals surface area contributed by atoms with Gasteiger partial charge < -0.3 is 4.90 Å². The van der Waals surface area contributed by atoms with Gasteiger partial charge >= 0.3 is 0 Å². The summed E-state index contributed by atoms with van der Waals surface area (Å²) in [5, 5.41) is 4.35. The molecule has 2 aromatic rings. The van der Waals surface area contributed by atoms with Crippen LogP contribution in [0, 0.1) is 0 Å². The Kier molecular flexibility index (Phi) is 5.81. The number of sulfone groups is 1. The van der Waals surface area contributed by atoms with Gasteiger partial charge in [-0.15, -0.1) is 0 Å². The van der Waals surface area contributed by atoms with Crippen LogP contribution in [0.15, 0.2) is 29.8 Å². The highest BCUT2D eigenvalue weighted by Crippen LogP contribution is 2.32. The van der Waals surface area contributed by atoms with Crippen molar-refractivity contribution in [1.29, 1.82) is 0 Å². The molecule has 2 aromatic heterocycles. The summed E-state index contributed by atoms with van der Waals surface area (Å²) >= 11 is 5.94. The summed E-state index contributed by atoms with van der Waals surface area (Å²) in [6.45, 7) is 3.01. The van der Waals surface area contributed by atoms with Gasteiger partial charge in [0.05, 0.1) is 21.7 Å². The predicted octanol–water partition coefficient (Wildman–Crippen LogP) is 2.09. The molecule has 3 heterocycles. The Morgan fingerprint density at radius 3 is 2.89 bits per heavy atom. The molecular weight excluding hydrogens is 390 g/mol. The summed E-state index contributed by atoms with van der Waals surface area (Å²) in [5.74, 6) is -0.121. The maximum Gasteiger partial charge on any atom is 0.224 e. The van der Waals surface area contributed by atoms with E-state index in [-0.39, 0.29) is 27.8 Å². The van der Waals surface area contributed by atoms with E-state index in [0.717, 1.165) is 19.1 Å². The summed E-state index contributed by atoms with van der Waals surface area (Å²) in [5.41, 5.74) is 0.490. The molecule has 8 nitrogen and oxygen atoms in total. The summed E-state index contributed by atoms with van der Waals surface area (Å²) < 4.78 is 25.9. The Morgan fingerprint density at radius 1 is 1.44 bits per heavy atom. The van der Waals surface area contributed by atoms with Gasteiger partial charge in [0.25, 0.3) is 0 Å². The number of nitrogens with zero attached hydrogens (tertiary/aromatic N) is 5. The molecule has 0 saturated carbocycles. The third-order valence-electron chi connectivity index (χ3n) is 4.77. The van der Waals surface area contributed by atoms with Crippen molar-refractivity contribution in [3.8, 4) is 0 Å². The number of halogens is 1. The van der Waals surface area contributed by atoms with E-state index in [4.69, 9.17) is 11.6 Å². The number of piperidine rings is 1. The molecule has 0 bridgehead atoms. The van der Waals surface area contributed by atoms with Crippen LogP contribution in [0.4, 0.5) is 0 Å². The molecule has 0 radical (unpaired) electrons. The van der Waals surface area contributed by atoms with Gasteiger partial charge in [-0.3, -0.25) is 9.78 Å². The Hall–Kier alpha value is -2.00. The van der Waals surface area contributed by atoms with Crippen LogP contribution in [0.25, 0.3) is 0 Å². The summed E-state index contributed by atoms with van der Waals surface area (Å²) in [4.78, 5) is 22.8. The van der Waals surface area contributed by atoms with Gasteiger partial charge in [-0.1, -0.05) is 11.6 Å². The van der Waals surface area contributed by atoms with Crippen molar-refractivity contribution in [3.05, 3.63) is 35.6 Å². The monoisotopic (exact) mass is 411 g/mol. The molecule has 146 valence electrons. The van der Waals surface area contributed by atoms with E-state index >= 15 is 0 Å². The number of rotatable bonds is 5. The standard InChI is InChI=1S/C17H22ClN5O3S/c1-12(23-11-19-10-21-23)6-16(24)22-5-3-4-13(9-22)17-15(27(2,25)26)7-14(18)8-20-17/h7-8,10-13H,3-6,9H2,1-2H3/t12-,13-/m0/s1. The molecule has 1 aliphatic heterocycles. The van der Waals surface area contributed by atoms with Crippen LogP contribution < -0.4 is 0 Å². The second-order valence-corrected chi connectivity index (χ2v) is 9.34. The lowest BCUT2D eigenvalue weighted by molar-refractivity contribution is -0.133. The lowest BCUT2D eigenvalue weighted by Crippen LogP contribution is -2.40. The molecule has 0 aliphatic carbocycles. The minimum Gasteiger partial charge on any atom is -0.342 e. The van der Waals surface area contributed by atoms with Gasteiger partial charge in [0.2, 0.25) is 5.91 Å². The summed E-state index contributed by atoms with van der Waals surface area (Å²) in [6, 6.07) is 1.34. The van der Waals surface area contributed by atoms with Crippen LogP contribution in [0.5, 0.6) is 0 Å². The zero-order valence-corrected chi connectivity index (χ0v) is 16.8. The first kappa shape index (κ1) is 19.8. The summed E-state index contributed by atoms with van der Waals surface area (Å²) in [6.07, 6.45) is 7.52. The Labute approximate surface area is 163 Å². The number of hydrogen-bond acceptors (Lipinski definition) is 6. The van der Waals surface area contributed by atoms with Crippen LogP contribution in [0.3, 0.4) is 0 Å². The molecular formula is C17H22ClN5O3S. The fourth-order valence-electron chi connectivity index (χ4n) is 3.38. The van der Waals surface area contributed by atoms with E-state index in [1.807, 2.05) is 6.92 Å². The van der Waals surface area contributed by atoms with Crippen molar-refractivity contribution in [2.24, 2.45) is 0 Å². The molecule has 1 saturated heterocycles. The van der Waals surface area contributed by atoms with Crippen LogP contribution in [-0.4, -0.2) is 58.3 Å². The minimum absolute atomic E-state index is 0.0116. The average molecular weight is 412 g/mol. The van der Waals surface area contributed by atoms with Crippen LogP contribution in [0.1, 0.15) is 43.8 Å². The first-order valence-electron chi connectivity index (χ1n) is 8.73. The molecule has 10 heteroatoms. The molecule has 1 fully saturated rings.